The highest BCUT2D eigenvalue weighted by molar-refractivity contribution is 6.10. The first-order valence-electron chi connectivity index (χ1n) is 8.66. The van der Waals surface area contributed by atoms with Gasteiger partial charge in [0.1, 0.15) is 0 Å². The van der Waals surface area contributed by atoms with E-state index in [0.717, 1.165) is 11.1 Å². The Kier molecular flexibility index (Phi) is 3.17. The summed E-state index contributed by atoms with van der Waals surface area (Å²) in [6.07, 6.45) is 4.34. The van der Waals surface area contributed by atoms with E-state index < -0.39 is 0 Å². The number of fused-ring (bicyclic) bond motifs is 3. The Morgan fingerprint density at radius 3 is 2.36 bits per heavy atom. The van der Waals surface area contributed by atoms with Crippen LogP contribution in [0, 0.1) is 5.92 Å². The Labute approximate surface area is 146 Å². The summed E-state index contributed by atoms with van der Waals surface area (Å²) in [6.45, 7) is 0. The second kappa shape index (κ2) is 5.52. The smallest absolute Gasteiger partial charge is 0.163 e. The summed E-state index contributed by atoms with van der Waals surface area (Å²) in [5.74, 6) is 0.809. The highest BCUT2D eigenvalue weighted by Crippen LogP contribution is 2.60. The molecule has 2 heteroatoms. The van der Waals surface area contributed by atoms with Crippen LogP contribution in [0.15, 0.2) is 79.1 Å². The fourth-order valence-electron chi connectivity index (χ4n) is 4.41. The molecule has 0 amide bonds. The molecule has 1 aromatic heterocycles. The SMILES string of the molecule is O=C1CC2C(c3ccccc3)=C(c3cccnc3)C2c2ccccc21. The largest absolute Gasteiger partial charge is 0.294 e. The van der Waals surface area contributed by atoms with Gasteiger partial charge >= 0.3 is 0 Å². The minimum atomic E-state index is 0.260. The van der Waals surface area contributed by atoms with Crippen LogP contribution in [0.3, 0.4) is 0 Å². The van der Waals surface area contributed by atoms with Gasteiger partial charge in [-0.25, -0.2) is 0 Å². The van der Waals surface area contributed by atoms with Crippen molar-refractivity contribution in [1.29, 1.82) is 0 Å². The molecule has 2 unspecified atom stereocenters. The molecule has 2 aliphatic carbocycles. The molecule has 0 N–H and O–H groups in total. The number of ketones is 1. The maximum atomic E-state index is 12.7. The van der Waals surface area contributed by atoms with Gasteiger partial charge in [0, 0.05) is 36.2 Å². The van der Waals surface area contributed by atoms with Gasteiger partial charge in [-0.05, 0) is 33.9 Å². The number of pyridine rings is 1. The zero-order valence-electron chi connectivity index (χ0n) is 13.7. The van der Waals surface area contributed by atoms with Gasteiger partial charge in [0.25, 0.3) is 0 Å². The zero-order chi connectivity index (χ0) is 16.8. The maximum absolute atomic E-state index is 12.7. The number of aromatic nitrogens is 1. The molecular formula is C23H17NO. The fourth-order valence-corrected chi connectivity index (χ4v) is 4.41. The first kappa shape index (κ1) is 14.4. The van der Waals surface area contributed by atoms with E-state index in [0.29, 0.717) is 6.42 Å². The number of rotatable bonds is 2. The van der Waals surface area contributed by atoms with E-state index in [9.17, 15) is 4.79 Å². The molecule has 3 aromatic rings. The topological polar surface area (TPSA) is 30.0 Å². The van der Waals surface area contributed by atoms with Gasteiger partial charge in [-0.1, -0.05) is 60.7 Å². The van der Waals surface area contributed by atoms with Crippen molar-refractivity contribution < 1.29 is 4.79 Å². The Morgan fingerprint density at radius 2 is 1.56 bits per heavy atom. The van der Waals surface area contributed by atoms with Gasteiger partial charge in [0.05, 0.1) is 0 Å². The molecule has 0 radical (unpaired) electrons. The minimum Gasteiger partial charge on any atom is -0.294 e. The summed E-state index contributed by atoms with van der Waals surface area (Å²) in [5, 5.41) is 0. The van der Waals surface area contributed by atoms with Crippen LogP contribution in [0.2, 0.25) is 0 Å². The molecule has 0 aliphatic heterocycles. The Bertz CT molecular complexity index is 989. The minimum absolute atomic E-state index is 0.260. The number of hydrogen-bond donors (Lipinski definition) is 0. The first-order chi connectivity index (χ1) is 12.3. The molecule has 25 heavy (non-hydrogen) atoms. The summed E-state index contributed by atoms with van der Waals surface area (Å²) in [7, 11) is 0. The van der Waals surface area contributed by atoms with E-state index >= 15 is 0 Å². The van der Waals surface area contributed by atoms with E-state index in [-0.39, 0.29) is 17.6 Å². The Morgan fingerprint density at radius 1 is 0.800 bits per heavy atom. The molecular weight excluding hydrogens is 306 g/mol. The number of benzene rings is 2. The van der Waals surface area contributed by atoms with Crippen molar-refractivity contribution in [3.63, 3.8) is 0 Å². The lowest BCUT2D eigenvalue weighted by molar-refractivity contribution is 0.0954. The summed E-state index contributed by atoms with van der Waals surface area (Å²) in [5.41, 5.74) is 7.06. The predicted octanol–water partition coefficient (Wildman–Crippen LogP) is 4.99. The lowest BCUT2D eigenvalue weighted by Crippen LogP contribution is -2.34. The second-order valence-electron chi connectivity index (χ2n) is 6.73. The molecule has 1 heterocycles. The van der Waals surface area contributed by atoms with Gasteiger partial charge in [-0.3, -0.25) is 9.78 Å². The number of carbonyl (C=O) groups excluding carboxylic acids is 1. The molecule has 0 spiro atoms. The van der Waals surface area contributed by atoms with Crippen LogP contribution in [-0.4, -0.2) is 10.8 Å². The summed E-state index contributed by atoms with van der Waals surface area (Å²) >= 11 is 0. The molecule has 0 saturated carbocycles. The van der Waals surface area contributed by atoms with Crippen molar-refractivity contribution in [2.24, 2.45) is 5.92 Å². The van der Waals surface area contributed by atoms with Crippen molar-refractivity contribution in [3.8, 4) is 0 Å². The van der Waals surface area contributed by atoms with Crippen LogP contribution in [0.4, 0.5) is 0 Å². The van der Waals surface area contributed by atoms with Crippen molar-refractivity contribution in [2.45, 2.75) is 12.3 Å². The third kappa shape index (κ3) is 2.11. The second-order valence-corrected chi connectivity index (χ2v) is 6.73. The molecule has 0 bridgehead atoms. The maximum Gasteiger partial charge on any atom is 0.163 e. The van der Waals surface area contributed by atoms with E-state index in [1.165, 1.54) is 22.3 Å². The molecule has 2 aromatic carbocycles. The highest BCUT2D eigenvalue weighted by atomic mass is 16.1. The van der Waals surface area contributed by atoms with E-state index in [2.05, 4.69) is 41.4 Å². The van der Waals surface area contributed by atoms with Crippen molar-refractivity contribution >= 4 is 16.9 Å². The highest BCUT2D eigenvalue weighted by Gasteiger charge is 2.47. The number of hydrogen-bond acceptors (Lipinski definition) is 2. The van der Waals surface area contributed by atoms with Crippen LogP contribution >= 0.6 is 0 Å². The summed E-state index contributed by atoms with van der Waals surface area (Å²) in [6, 6.07) is 22.6. The van der Waals surface area contributed by atoms with E-state index in [1.54, 1.807) is 6.20 Å². The molecule has 0 saturated heterocycles. The zero-order valence-corrected chi connectivity index (χ0v) is 13.7. The summed E-state index contributed by atoms with van der Waals surface area (Å²) in [4.78, 5) is 17.0. The van der Waals surface area contributed by atoms with Crippen LogP contribution in [0.5, 0.6) is 0 Å². The monoisotopic (exact) mass is 323 g/mol. The Hall–Kier alpha value is -3.00. The van der Waals surface area contributed by atoms with Gasteiger partial charge < -0.3 is 0 Å². The standard InChI is InChI=1S/C23H17NO/c25-20-13-19-21(15-7-2-1-3-8-15)22(16-9-6-12-24-14-16)23(19)18-11-5-4-10-17(18)20/h1-12,14,19,23H,13H2. The first-order valence-corrected chi connectivity index (χ1v) is 8.66. The van der Waals surface area contributed by atoms with Crippen LogP contribution in [-0.2, 0) is 0 Å². The van der Waals surface area contributed by atoms with Crippen molar-refractivity contribution in [1.82, 2.24) is 4.98 Å². The number of nitrogens with zero attached hydrogens (tertiary/aromatic N) is 1. The fraction of sp³-hybridized carbons (Fsp3) is 0.130. The van der Waals surface area contributed by atoms with E-state index in [1.807, 2.05) is 36.5 Å². The molecule has 120 valence electrons. The average molecular weight is 323 g/mol. The third-order valence-electron chi connectivity index (χ3n) is 5.43. The Balaban J connectivity index is 1.76. The van der Waals surface area contributed by atoms with Crippen LogP contribution < -0.4 is 0 Å². The molecule has 5 rings (SSSR count). The quantitative estimate of drug-likeness (QED) is 0.665. The predicted molar refractivity (Wildman–Crippen MR) is 99.1 cm³/mol. The van der Waals surface area contributed by atoms with Gasteiger partial charge in [0.15, 0.2) is 5.78 Å². The molecule has 2 nitrogen and oxygen atoms in total. The van der Waals surface area contributed by atoms with Gasteiger partial charge in [0.2, 0.25) is 0 Å². The van der Waals surface area contributed by atoms with E-state index in [4.69, 9.17) is 0 Å². The normalized spacial score (nSPS) is 21.4. The number of allylic oxidation sites excluding steroid dienone is 2. The van der Waals surface area contributed by atoms with Crippen LogP contribution in [0.1, 0.15) is 39.4 Å². The number of Topliss-reactive ketones (excluding diaryl/α,β-unsaturated/α-hetero) is 1. The molecule has 0 fully saturated rings. The van der Waals surface area contributed by atoms with Crippen LogP contribution in [0.25, 0.3) is 11.1 Å². The van der Waals surface area contributed by atoms with Gasteiger partial charge in [-0.15, -0.1) is 0 Å². The van der Waals surface area contributed by atoms with Gasteiger partial charge in [-0.2, -0.15) is 0 Å². The lowest BCUT2D eigenvalue weighted by atomic mass is 9.56. The third-order valence-corrected chi connectivity index (χ3v) is 5.43. The van der Waals surface area contributed by atoms with Crippen molar-refractivity contribution in [2.75, 3.05) is 0 Å². The molecule has 2 aliphatic rings. The summed E-state index contributed by atoms with van der Waals surface area (Å²) < 4.78 is 0. The molecule has 2 atom stereocenters. The van der Waals surface area contributed by atoms with Crippen molar-refractivity contribution in [3.05, 3.63) is 101 Å². The lowest BCUT2D eigenvalue weighted by Gasteiger charge is -2.46. The average Bonchev–Trinajstić information content (AvgIpc) is 2.66. The number of carbonyl (C=O) groups is 1.